The lowest BCUT2D eigenvalue weighted by Gasteiger charge is -2.18. The van der Waals surface area contributed by atoms with Gasteiger partial charge < -0.3 is 5.32 Å². The van der Waals surface area contributed by atoms with Crippen LogP contribution in [0.3, 0.4) is 0 Å². The minimum atomic E-state index is 0.372. The van der Waals surface area contributed by atoms with E-state index in [9.17, 15) is 0 Å². The fourth-order valence-electron chi connectivity index (χ4n) is 2.51. The smallest absolute Gasteiger partial charge is 0.0427 e. The van der Waals surface area contributed by atoms with Crippen LogP contribution in [0.15, 0.2) is 58.8 Å². The van der Waals surface area contributed by atoms with Gasteiger partial charge in [-0.25, -0.2) is 0 Å². The van der Waals surface area contributed by atoms with Gasteiger partial charge in [-0.3, -0.25) is 0 Å². The van der Waals surface area contributed by atoms with E-state index in [1.54, 1.807) is 0 Å². The van der Waals surface area contributed by atoms with E-state index in [0.717, 1.165) is 5.75 Å². The lowest BCUT2D eigenvalue weighted by atomic mass is 10.1. The van der Waals surface area contributed by atoms with Crippen molar-refractivity contribution in [2.45, 2.75) is 17.9 Å². The normalized spacial score (nSPS) is 12.7. The summed E-state index contributed by atoms with van der Waals surface area (Å²) in [5.74, 6) is 1.04. The second kappa shape index (κ2) is 6.65. The minimum Gasteiger partial charge on any atom is -0.312 e. The van der Waals surface area contributed by atoms with Gasteiger partial charge >= 0.3 is 0 Å². The van der Waals surface area contributed by atoms with Crippen LogP contribution in [0.25, 0.3) is 10.1 Å². The molecule has 2 aromatic carbocycles. The van der Waals surface area contributed by atoms with Crippen molar-refractivity contribution in [2.75, 3.05) is 12.8 Å². The van der Waals surface area contributed by atoms with Gasteiger partial charge in [0.1, 0.15) is 0 Å². The molecule has 0 saturated carbocycles. The zero-order valence-electron chi connectivity index (χ0n) is 12.3. The molecule has 0 aliphatic carbocycles. The van der Waals surface area contributed by atoms with Crippen LogP contribution < -0.4 is 5.32 Å². The lowest BCUT2D eigenvalue weighted by Crippen LogP contribution is -2.18. The monoisotopic (exact) mass is 313 g/mol. The predicted molar refractivity (Wildman–Crippen MR) is 95.5 cm³/mol. The number of thiophene rings is 1. The Balaban J connectivity index is 1.82. The van der Waals surface area contributed by atoms with Crippen molar-refractivity contribution in [1.82, 2.24) is 5.32 Å². The molecule has 0 fully saturated rings. The van der Waals surface area contributed by atoms with E-state index in [-0.39, 0.29) is 0 Å². The van der Waals surface area contributed by atoms with Crippen LogP contribution in [-0.2, 0) is 0 Å². The van der Waals surface area contributed by atoms with E-state index in [1.165, 1.54) is 26.1 Å². The van der Waals surface area contributed by atoms with E-state index in [1.807, 2.05) is 23.1 Å². The molecule has 0 saturated heterocycles. The largest absolute Gasteiger partial charge is 0.312 e. The van der Waals surface area contributed by atoms with Gasteiger partial charge in [0, 0.05) is 21.4 Å². The second-order valence-corrected chi connectivity index (χ2v) is 7.08. The van der Waals surface area contributed by atoms with E-state index in [4.69, 9.17) is 0 Å². The summed E-state index contributed by atoms with van der Waals surface area (Å²) in [5.41, 5.74) is 2.76. The number of rotatable bonds is 5. The average Bonchev–Trinajstić information content (AvgIpc) is 2.98. The van der Waals surface area contributed by atoms with Crippen LogP contribution in [0.4, 0.5) is 0 Å². The Kier molecular flexibility index (Phi) is 4.63. The van der Waals surface area contributed by atoms with E-state index >= 15 is 0 Å². The third-order valence-corrected chi connectivity index (χ3v) is 5.98. The molecule has 1 unspecified atom stereocenters. The number of hydrogen-bond acceptors (Lipinski definition) is 3. The van der Waals surface area contributed by atoms with E-state index < -0.39 is 0 Å². The van der Waals surface area contributed by atoms with Crippen LogP contribution >= 0.6 is 23.1 Å². The molecule has 0 aliphatic heterocycles. The molecule has 0 radical (unpaired) electrons. The van der Waals surface area contributed by atoms with Crippen molar-refractivity contribution < 1.29 is 0 Å². The van der Waals surface area contributed by atoms with E-state index in [2.05, 4.69) is 73.2 Å². The third kappa shape index (κ3) is 3.15. The minimum absolute atomic E-state index is 0.372. The first-order chi connectivity index (χ1) is 10.3. The maximum Gasteiger partial charge on any atom is 0.0427 e. The van der Waals surface area contributed by atoms with Crippen molar-refractivity contribution in [2.24, 2.45) is 0 Å². The van der Waals surface area contributed by atoms with Gasteiger partial charge in [-0.1, -0.05) is 36.4 Å². The number of thioether (sulfide) groups is 1. The number of aryl methyl sites for hydroxylation is 1. The molecular formula is C18H19NS2. The first kappa shape index (κ1) is 14.6. The molecule has 0 spiro atoms. The summed E-state index contributed by atoms with van der Waals surface area (Å²) in [6, 6.07) is 17.8. The zero-order chi connectivity index (χ0) is 14.7. The Morgan fingerprint density at radius 2 is 1.95 bits per heavy atom. The van der Waals surface area contributed by atoms with Crippen LogP contribution in [-0.4, -0.2) is 12.8 Å². The molecule has 108 valence electrons. The molecule has 0 aliphatic rings. The molecule has 1 nitrogen and oxygen atoms in total. The van der Waals surface area contributed by atoms with Gasteiger partial charge in [0.15, 0.2) is 0 Å². The molecule has 1 N–H and O–H groups in total. The summed E-state index contributed by atoms with van der Waals surface area (Å²) in [7, 11) is 2.05. The first-order valence-corrected chi connectivity index (χ1v) is 8.98. The van der Waals surface area contributed by atoms with Crippen molar-refractivity contribution in [3.05, 3.63) is 65.0 Å². The van der Waals surface area contributed by atoms with Crippen molar-refractivity contribution in [3.8, 4) is 0 Å². The topological polar surface area (TPSA) is 12.0 Å². The lowest BCUT2D eigenvalue weighted by molar-refractivity contribution is 0.667. The molecule has 21 heavy (non-hydrogen) atoms. The Labute approximate surface area is 134 Å². The Morgan fingerprint density at radius 3 is 2.76 bits per heavy atom. The summed E-state index contributed by atoms with van der Waals surface area (Å²) >= 11 is 3.76. The molecule has 1 aromatic heterocycles. The molecule has 1 atom stereocenters. The fraction of sp³-hybridized carbons (Fsp3) is 0.222. The maximum absolute atomic E-state index is 3.48. The van der Waals surface area contributed by atoms with Gasteiger partial charge in [0.05, 0.1) is 0 Å². The Hall–Kier alpha value is -1.29. The summed E-state index contributed by atoms with van der Waals surface area (Å²) in [6.45, 7) is 2.18. The van der Waals surface area contributed by atoms with Gasteiger partial charge in [-0.05, 0) is 48.0 Å². The maximum atomic E-state index is 3.48. The standard InChI is InChI=1S/C18H19NS2/c1-13-6-3-4-9-17(13)21-12-16(19-2)15-8-5-7-14-10-11-20-18(14)15/h3-11,16,19H,12H2,1-2H3. The zero-order valence-corrected chi connectivity index (χ0v) is 13.9. The predicted octanol–water partition coefficient (Wildman–Crippen LogP) is 5.26. The molecule has 3 heteroatoms. The highest BCUT2D eigenvalue weighted by Crippen LogP contribution is 2.32. The molecule has 3 aromatic rings. The van der Waals surface area contributed by atoms with Crippen molar-refractivity contribution in [1.29, 1.82) is 0 Å². The number of nitrogens with one attached hydrogen (secondary N) is 1. The molecule has 0 bridgehead atoms. The van der Waals surface area contributed by atoms with Gasteiger partial charge in [0.25, 0.3) is 0 Å². The highest BCUT2D eigenvalue weighted by molar-refractivity contribution is 7.99. The summed E-state index contributed by atoms with van der Waals surface area (Å²) < 4.78 is 1.40. The first-order valence-electron chi connectivity index (χ1n) is 7.11. The van der Waals surface area contributed by atoms with Gasteiger partial charge in [0.2, 0.25) is 0 Å². The second-order valence-electron chi connectivity index (χ2n) is 5.10. The number of benzene rings is 2. The molecular weight excluding hydrogens is 294 g/mol. The summed E-state index contributed by atoms with van der Waals surface area (Å²) in [4.78, 5) is 1.37. The SMILES string of the molecule is CNC(CSc1ccccc1C)c1cccc2ccsc12. The highest BCUT2D eigenvalue weighted by atomic mass is 32.2. The van der Waals surface area contributed by atoms with Crippen molar-refractivity contribution >= 4 is 33.2 Å². The summed E-state index contributed by atoms with van der Waals surface area (Å²) in [6.07, 6.45) is 0. The van der Waals surface area contributed by atoms with Crippen LogP contribution in [0.1, 0.15) is 17.2 Å². The molecule has 3 rings (SSSR count). The Bertz CT molecular complexity index is 733. The fourth-order valence-corrected chi connectivity index (χ4v) is 4.64. The number of fused-ring (bicyclic) bond motifs is 1. The Morgan fingerprint density at radius 1 is 1.10 bits per heavy atom. The molecule has 0 amide bonds. The van der Waals surface area contributed by atoms with Gasteiger partial charge in [-0.2, -0.15) is 0 Å². The van der Waals surface area contributed by atoms with Crippen LogP contribution in [0, 0.1) is 6.92 Å². The van der Waals surface area contributed by atoms with Gasteiger partial charge in [-0.15, -0.1) is 23.1 Å². The molecule has 1 heterocycles. The quantitative estimate of drug-likeness (QED) is 0.645. The summed E-state index contributed by atoms with van der Waals surface area (Å²) in [5, 5.41) is 7.00. The average molecular weight is 313 g/mol. The van der Waals surface area contributed by atoms with Crippen molar-refractivity contribution in [3.63, 3.8) is 0 Å². The van der Waals surface area contributed by atoms with Crippen LogP contribution in [0.5, 0.6) is 0 Å². The van der Waals surface area contributed by atoms with E-state index in [0.29, 0.717) is 6.04 Å². The number of hydrogen-bond donors (Lipinski definition) is 1. The third-order valence-electron chi connectivity index (χ3n) is 3.73. The highest BCUT2D eigenvalue weighted by Gasteiger charge is 2.14. The van der Waals surface area contributed by atoms with Crippen LogP contribution in [0.2, 0.25) is 0 Å².